The average Bonchev–Trinajstić information content (AvgIpc) is 2.51. The fourth-order valence-electron chi connectivity index (χ4n) is 1.57. The van der Waals surface area contributed by atoms with Crippen molar-refractivity contribution in [3.8, 4) is 11.9 Å². The van der Waals surface area contributed by atoms with Gasteiger partial charge in [-0.1, -0.05) is 0 Å². The monoisotopic (exact) mass is 288 g/mol. The van der Waals surface area contributed by atoms with Crippen LogP contribution in [0.2, 0.25) is 0 Å². The van der Waals surface area contributed by atoms with Gasteiger partial charge in [0.05, 0.1) is 25.0 Å². The Hall–Kier alpha value is -2.70. The molecule has 0 aliphatic carbocycles. The highest BCUT2D eigenvalue weighted by atomic mass is 16.5. The zero-order valence-electron chi connectivity index (χ0n) is 11.9. The molecule has 0 aromatic carbocycles. The number of carbonyl (C=O) groups is 1. The second kappa shape index (κ2) is 7.18. The largest absolute Gasteiger partial charge is 0.476 e. The van der Waals surface area contributed by atoms with Gasteiger partial charge in [-0.3, -0.25) is 9.78 Å². The maximum absolute atomic E-state index is 12.1. The van der Waals surface area contributed by atoms with E-state index in [0.29, 0.717) is 24.5 Å². The molecule has 0 fully saturated rings. The molecule has 0 aliphatic heterocycles. The smallest absolute Gasteiger partial charge is 0.319 e. The lowest BCUT2D eigenvalue weighted by Crippen LogP contribution is -2.14. The maximum atomic E-state index is 12.1. The first-order chi connectivity index (χ1) is 10.2. The van der Waals surface area contributed by atoms with E-state index >= 15 is 0 Å². The minimum Gasteiger partial charge on any atom is -0.476 e. The molecule has 0 saturated carbocycles. The molecule has 0 unspecified atom stereocenters. The molecule has 0 atom stereocenters. The van der Waals surface area contributed by atoms with Crippen LogP contribution in [-0.2, 0) is 0 Å². The van der Waals surface area contributed by atoms with E-state index < -0.39 is 0 Å². The van der Waals surface area contributed by atoms with Crippen LogP contribution >= 0.6 is 0 Å². The third kappa shape index (κ3) is 3.88. The molecule has 7 nitrogen and oxygen atoms in total. The van der Waals surface area contributed by atoms with Crippen LogP contribution in [0.3, 0.4) is 0 Å². The number of nitrogens with zero attached hydrogens (tertiary/aromatic N) is 3. The number of hydrogen-bond donors (Lipinski definition) is 1. The third-order valence-electron chi connectivity index (χ3n) is 2.46. The standard InChI is InChI=1S/C14H16N4O3/c1-3-20-13-11(9-16-14(18-13)21-4-2)17-12(19)10-6-5-7-15-8-10/h5-9H,3-4H2,1-2H3,(H,17,19). The van der Waals surface area contributed by atoms with Gasteiger partial charge in [-0.25, -0.2) is 4.98 Å². The number of nitrogens with one attached hydrogen (secondary N) is 1. The van der Waals surface area contributed by atoms with E-state index in [1.54, 1.807) is 18.3 Å². The van der Waals surface area contributed by atoms with Gasteiger partial charge in [-0.2, -0.15) is 4.98 Å². The summed E-state index contributed by atoms with van der Waals surface area (Å²) >= 11 is 0. The second-order valence-electron chi connectivity index (χ2n) is 3.93. The van der Waals surface area contributed by atoms with Gasteiger partial charge in [0.2, 0.25) is 5.88 Å². The predicted octanol–water partition coefficient (Wildman–Crippen LogP) is 1.92. The molecule has 110 valence electrons. The third-order valence-corrected chi connectivity index (χ3v) is 2.46. The van der Waals surface area contributed by atoms with Crippen LogP contribution in [0.25, 0.3) is 0 Å². The van der Waals surface area contributed by atoms with E-state index in [4.69, 9.17) is 9.47 Å². The first-order valence-electron chi connectivity index (χ1n) is 6.58. The molecule has 2 aromatic rings. The van der Waals surface area contributed by atoms with Crippen molar-refractivity contribution in [2.75, 3.05) is 18.5 Å². The fraction of sp³-hybridized carbons (Fsp3) is 0.286. The first kappa shape index (κ1) is 14.7. The van der Waals surface area contributed by atoms with E-state index in [9.17, 15) is 4.79 Å². The zero-order valence-corrected chi connectivity index (χ0v) is 11.9. The van der Waals surface area contributed by atoms with E-state index in [-0.39, 0.29) is 17.8 Å². The molecule has 1 amide bonds. The summed E-state index contributed by atoms with van der Waals surface area (Å²) in [5.74, 6) is -0.0370. The van der Waals surface area contributed by atoms with Crippen LogP contribution in [0, 0.1) is 0 Å². The minimum absolute atomic E-state index is 0.209. The molecule has 21 heavy (non-hydrogen) atoms. The van der Waals surface area contributed by atoms with Crippen LogP contribution in [0.15, 0.2) is 30.7 Å². The number of amides is 1. The van der Waals surface area contributed by atoms with E-state index in [1.165, 1.54) is 12.4 Å². The number of ether oxygens (including phenoxy) is 2. The van der Waals surface area contributed by atoms with E-state index in [2.05, 4.69) is 20.3 Å². The predicted molar refractivity (Wildman–Crippen MR) is 76.6 cm³/mol. The van der Waals surface area contributed by atoms with Crippen molar-refractivity contribution in [2.24, 2.45) is 0 Å². The molecule has 1 N–H and O–H groups in total. The van der Waals surface area contributed by atoms with E-state index in [1.807, 2.05) is 13.8 Å². The molecule has 0 aliphatic rings. The Labute approximate surface area is 122 Å². The quantitative estimate of drug-likeness (QED) is 0.874. The molecule has 2 heterocycles. The summed E-state index contributed by atoms with van der Waals surface area (Å²) in [6.07, 6.45) is 4.53. The lowest BCUT2D eigenvalue weighted by atomic mass is 10.2. The minimum atomic E-state index is -0.309. The van der Waals surface area contributed by atoms with Crippen LogP contribution in [0.5, 0.6) is 11.9 Å². The summed E-state index contributed by atoms with van der Waals surface area (Å²) in [7, 11) is 0. The number of pyridine rings is 1. The number of anilines is 1. The van der Waals surface area contributed by atoms with Crippen molar-refractivity contribution in [1.29, 1.82) is 0 Å². The van der Waals surface area contributed by atoms with Crippen molar-refractivity contribution in [3.05, 3.63) is 36.3 Å². The van der Waals surface area contributed by atoms with Crippen molar-refractivity contribution in [1.82, 2.24) is 15.0 Å². The molecule has 2 aromatic heterocycles. The van der Waals surface area contributed by atoms with Crippen LogP contribution in [0.4, 0.5) is 5.69 Å². The van der Waals surface area contributed by atoms with Crippen LogP contribution < -0.4 is 14.8 Å². The Morgan fingerprint density at radius 3 is 2.71 bits per heavy atom. The summed E-state index contributed by atoms with van der Waals surface area (Å²) in [5, 5.41) is 2.70. The van der Waals surface area contributed by atoms with Crippen LogP contribution in [-0.4, -0.2) is 34.1 Å². The number of carbonyl (C=O) groups excluding carboxylic acids is 1. The lowest BCUT2D eigenvalue weighted by Gasteiger charge is -2.11. The highest BCUT2D eigenvalue weighted by Gasteiger charge is 2.13. The molecule has 0 spiro atoms. The Morgan fingerprint density at radius 1 is 1.24 bits per heavy atom. The van der Waals surface area contributed by atoms with Gasteiger partial charge < -0.3 is 14.8 Å². The normalized spacial score (nSPS) is 10.0. The Kier molecular flexibility index (Phi) is 5.03. The molecular weight excluding hydrogens is 272 g/mol. The second-order valence-corrected chi connectivity index (χ2v) is 3.93. The Bertz CT molecular complexity index is 604. The van der Waals surface area contributed by atoms with Gasteiger partial charge in [-0.05, 0) is 26.0 Å². The number of hydrogen-bond acceptors (Lipinski definition) is 6. The van der Waals surface area contributed by atoms with Crippen molar-refractivity contribution >= 4 is 11.6 Å². The SMILES string of the molecule is CCOc1ncc(NC(=O)c2cccnc2)c(OCC)n1. The summed E-state index contributed by atoms with van der Waals surface area (Å²) < 4.78 is 10.6. The van der Waals surface area contributed by atoms with Crippen molar-refractivity contribution in [3.63, 3.8) is 0 Å². The Morgan fingerprint density at radius 2 is 2.05 bits per heavy atom. The van der Waals surface area contributed by atoms with Gasteiger partial charge in [0.1, 0.15) is 5.69 Å². The zero-order chi connectivity index (χ0) is 15.1. The molecule has 0 bridgehead atoms. The number of aromatic nitrogens is 3. The highest BCUT2D eigenvalue weighted by Crippen LogP contribution is 2.23. The van der Waals surface area contributed by atoms with Crippen molar-refractivity contribution in [2.45, 2.75) is 13.8 Å². The van der Waals surface area contributed by atoms with E-state index in [0.717, 1.165) is 0 Å². The molecule has 0 radical (unpaired) electrons. The van der Waals surface area contributed by atoms with Gasteiger partial charge in [0, 0.05) is 12.4 Å². The highest BCUT2D eigenvalue weighted by molar-refractivity contribution is 6.04. The summed E-state index contributed by atoms with van der Waals surface area (Å²) in [4.78, 5) is 24.1. The van der Waals surface area contributed by atoms with Gasteiger partial charge in [0.25, 0.3) is 5.91 Å². The first-order valence-corrected chi connectivity index (χ1v) is 6.58. The average molecular weight is 288 g/mol. The lowest BCUT2D eigenvalue weighted by molar-refractivity contribution is 0.102. The summed E-state index contributed by atoms with van der Waals surface area (Å²) in [5.41, 5.74) is 0.822. The number of rotatable bonds is 6. The summed E-state index contributed by atoms with van der Waals surface area (Å²) in [6, 6.07) is 3.56. The van der Waals surface area contributed by atoms with Gasteiger partial charge in [0.15, 0.2) is 0 Å². The summed E-state index contributed by atoms with van der Waals surface area (Å²) in [6.45, 7) is 4.53. The Balaban J connectivity index is 2.20. The fourth-order valence-corrected chi connectivity index (χ4v) is 1.57. The van der Waals surface area contributed by atoms with Crippen LogP contribution in [0.1, 0.15) is 24.2 Å². The van der Waals surface area contributed by atoms with Gasteiger partial charge >= 0.3 is 6.01 Å². The maximum Gasteiger partial charge on any atom is 0.319 e. The molecule has 0 saturated heterocycles. The van der Waals surface area contributed by atoms with Gasteiger partial charge in [-0.15, -0.1) is 0 Å². The molecular formula is C14H16N4O3. The topological polar surface area (TPSA) is 86.2 Å². The molecule has 2 rings (SSSR count). The molecule has 7 heteroatoms. The van der Waals surface area contributed by atoms with Crippen molar-refractivity contribution < 1.29 is 14.3 Å².